The van der Waals surface area contributed by atoms with Gasteiger partial charge in [0.05, 0.1) is 0 Å². The van der Waals surface area contributed by atoms with E-state index >= 15 is 0 Å². The van der Waals surface area contributed by atoms with Gasteiger partial charge in [-0.3, -0.25) is 0 Å². The summed E-state index contributed by atoms with van der Waals surface area (Å²) in [4.78, 5) is 0. The Kier molecular flexibility index (Phi) is 3.64. The van der Waals surface area contributed by atoms with Crippen LogP contribution in [-0.4, -0.2) is 12.6 Å². The molecule has 0 saturated heterocycles. The first-order chi connectivity index (χ1) is 7.70. The molecule has 1 aromatic carbocycles. The second-order valence-electron chi connectivity index (χ2n) is 4.32. The molecule has 3 heteroatoms. The number of hydrogen-bond acceptors (Lipinski definition) is 2. The molecule has 0 aliphatic heterocycles. The van der Waals surface area contributed by atoms with Crippen LogP contribution in [0.5, 0.6) is 0 Å². The average molecular weight is 237 g/mol. The highest BCUT2D eigenvalue weighted by atomic mass is 35.5. The van der Waals surface area contributed by atoms with Crippen LogP contribution in [0.2, 0.25) is 5.02 Å². The Hall–Kier alpha value is -0.830. The molecule has 0 bridgehead atoms. The van der Waals surface area contributed by atoms with Crippen LogP contribution >= 0.6 is 11.6 Å². The minimum atomic E-state index is 0.0651. The molecule has 4 N–H and O–H groups in total. The molecule has 86 valence electrons. The molecular formula is C13H17ClN2. The van der Waals surface area contributed by atoms with Crippen molar-refractivity contribution in [2.24, 2.45) is 11.5 Å². The van der Waals surface area contributed by atoms with Gasteiger partial charge in [0.15, 0.2) is 0 Å². The van der Waals surface area contributed by atoms with Crippen molar-refractivity contribution in [1.29, 1.82) is 0 Å². The number of rotatable bonds is 3. The maximum Gasteiger partial charge on any atom is 0.0481 e. The largest absolute Gasteiger partial charge is 0.329 e. The highest BCUT2D eigenvalue weighted by Crippen LogP contribution is 2.30. The third-order valence-electron chi connectivity index (χ3n) is 3.03. The third-order valence-corrected chi connectivity index (χ3v) is 3.36. The Morgan fingerprint density at radius 2 is 2.12 bits per heavy atom. The molecule has 0 fully saturated rings. The van der Waals surface area contributed by atoms with E-state index in [0.717, 1.165) is 29.8 Å². The molecule has 0 heterocycles. The van der Waals surface area contributed by atoms with Crippen molar-refractivity contribution >= 4 is 17.7 Å². The maximum atomic E-state index is 6.18. The van der Waals surface area contributed by atoms with Crippen LogP contribution in [0.3, 0.4) is 0 Å². The summed E-state index contributed by atoms with van der Waals surface area (Å²) in [6.45, 7) is 0.534. The molecule has 2 nitrogen and oxygen atoms in total. The lowest BCUT2D eigenvalue weighted by atomic mass is 9.89. The van der Waals surface area contributed by atoms with E-state index in [4.69, 9.17) is 23.1 Å². The minimum Gasteiger partial charge on any atom is -0.329 e. The van der Waals surface area contributed by atoms with E-state index in [1.165, 1.54) is 11.1 Å². The smallest absolute Gasteiger partial charge is 0.0481 e. The summed E-state index contributed by atoms with van der Waals surface area (Å²) in [5, 5.41) is 0.830. The van der Waals surface area contributed by atoms with Gasteiger partial charge in [-0.15, -0.1) is 0 Å². The Balaban J connectivity index is 2.23. The minimum absolute atomic E-state index is 0.0651. The summed E-state index contributed by atoms with van der Waals surface area (Å²) >= 11 is 6.18. The van der Waals surface area contributed by atoms with E-state index in [2.05, 4.69) is 12.1 Å². The lowest BCUT2D eigenvalue weighted by Crippen LogP contribution is -2.30. The standard InChI is InChI=1S/C13H17ClN2/c14-13-3-1-2-10-5-4-9(7-12(10)13)6-11(16)8-15/h1-3,7,11H,4-6,8,15-16H2. The van der Waals surface area contributed by atoms with Crippen LogP contribution in [0.25, 0.3) is 6.08 Å². The molecule has 0 saturated carbocycles. The van der Waals surface area contributed by atoms with Gasteiger partial charge in [0.1, 0.15) is 0 Å². The van der Waals surface area contributed by atoms with Crippen molar-refractivity contribution in [2.45, 2.75) is 25.3 Å². The fourth-order valence-corrected chi connectivity index (χ4v) is 2.36. The first-order valence-electron chi connectivity index (χ1n) is 5.63. The molecule has 1 atom stereocenters. The predicted octanol–water partition coefficient (Wildman–Crippen LogP) is 2.35. The number of benzene rings is 1. The second-order valence-corrected chi connectivity index (χ2v) is 4.72. The van der Waals surface area contributed by atoms with Crippen LogP contribution in [-0.2, 0) is 6.42 Å². The first-order valence-corrected chi connectivity index (χ1v) is 6.01. The molecule has 2 rings (SSSR count). The van der Waals surface area contributed by atoms with Crippen molar-refractivity contribution in [3.8, 4) is 0 Å². The monoisotopic (exact) mass is 236 g/mol. The summed E-state index contributed by atoms with van der Waals surface area (Å²) in [6.07, 6.45) is 5.18. The Labute approximate surface area is 101 Å². The van der Waals surface area contributed by atoms with Crippen molar-refractivity contribution in [1.82, 2.24) is 0 Å². The maximum absolute atomic E-state index is 6.18. The van der Waals surface area contributed by atoms with Gasteiger partial charge < -0.3 is 11.5 Å². The molecular weight excluding hydrogens is 220 g/mol. The van der Waals surface area contributed by atoms with Gasteiger partial charge in [-0.05, 0) is 36.5 Å². The van der Waals surface area contributed by atoms with Crippen molar-refractivity contribution in [3.05, 3.63) is 39.9 Å². The van der Waals surface area contributed by atoms with Gasteiger partial charge in [0.25, 0.3) is 0 Å². The normalized spacial score (nSPS) is 16.6. The molecule has 0 amide bonds. The van der Waals surface area contributed by atoms with Crippen LogP contribution in [0.1, 0.15) is 24.0 Å². The Bertz CT molecular complexity index is 412. The fraction of sp³-hybridized carbons (Fsp3) is 0.385. The van der Waals surface area contributed by atoms with Crippen LogP contribution in [0.4, 0.5) is 0 Å². The van der Waals surface area contributed by atoms with Crippen LogP contribution in [0, 0.1) is 0 Å². The number of nitrogens with two attached hydrogens (primary N) is 2. The molecule has 1 aromatic rings. The summed E-state index contributed by atoms with van der Waals surface area (Å²) in [7, 11) is 0. The van der Waals surface area contributed by atoms with E-state index in [-0.39, 0.29) is 6.04 Å². The summed E-state index contributed by atoms with van der Waals surface area (Å²) in [5.41, 5.74) is 15.3. The third kappa shape index (κ3) is 2.46. The first kappa shape index (κ1) is 11.6. The van der Waals surface area contributed by atoms with Gasteiger partial charge in [-0.2, -0.15) is 0 Å². The molecule has 0 aromatic heterocycles. The van der Waals surface area contributed by atoms with Crippen molar-refractivity contribution in [2.75, 3.05) is 6.54 Å². The molecule has 1 aliphatic rings. The van der Waals surface area contributed by atoms with Gasteiger partial charge in [0, 0.05) is 17.6 Å². The van der Waals surface area contributed by atoms with Crippen molar-refractivity contribution < 1.29 is 0 Å². The zero-order valence-electron chi connectivity index (χ0n) is 9.25. The van der Waals surface area contributed by atoms with Crippen molar-refractivity contribution in [3.63, 3.8) is 0 Å². The number of aryl methyl sites for hydroxylation is 1. The van der Waals surface area contributed by atoms with E-state index < -0.39 is 0 Å². The molecule has 1 aliphatic carbocycles. The Morgan fingerprint density at radius 3 is 2.88 bits per heavy atom. The number of hydrogen-bond donors (Lipinski definition) is 2. The molecule has 0 spiro atoms. The number of fused-ring (bicyclic) bond motifs is 1. The van der Waals surface area contributed by atoms with E-state index in [1.807, 2.05) is 12.1 Å². The quantitative estimate of drug-likeness (QED) is 0.847. The highest BCUT2D eigenvalue weighted by Gasteiger charge is 2.14. The lowest BCUT2D eigenvalue weighted by Gasteiger charge is -2.19. The van der Waals surface area contributed by atoms with Crippen LogP contribution < -0.4 is 11.5 Å². The SMILES string of the molecule is NCC(N)CC1=Cc2c(Cl)cccc2CC1. The molecule has 1 unspecified atom stereocenters. The summed E-state index contributed by atoms with van der Waals surface area (Å²) in [6, 6.07) is 6.14. The van der Waals surface area contributed by atoms with Gasteiger partial charge in [-0.1, -0.05) is 35.4 Å². The zero-order chi connectivity index (χ0) is 11.5. The molecule has 0 radical (unpaired) electrons. The van der Waals surface area contributed by atoms with Gasteiger partial charge in [-0.25, -0.2) is 0 Å². The summed E-state index contributed by atoms with van der Waals surface area (Å²) in [5.74, 6) is 0. The number of halogens is 1. The summed E-state index contributed by atoms with van der Waals surface area (Å²) < 4.78 is 0. The van der Waals surface area contributed by atoms with Gasteiger partial charge in [0.2, 0.25) is 0 Å². The van der Waals surface area contributed by atoms with E-state index in [9.17, 15) is 0 Å². The Morgan fingerprint density at radius 1 is 1.31 bits per heavy atom. The van der Waals surface area contributed by atoms with Gasteiger partial charge >= 0.3 is 0 Å². The molecule has 16 heavy (non-hydrogen) atoms. The van der Waals surface area contributed by atoms with E-state index in [0.29, 0.717) is 6.54 Å². The zero-order valence-corrected chi connectivity index (χ0v) is 10.0. The average Bonchev–Trinajstić information content (AvgIpc) is 2.30. The fourth-order valence-electron chi connectivity index (χ4n) is 2.11. The lowest BCUT2D eigenvalue weighted by molar-refractivity contribution is 0.656. The van der Waals surface area contributed by atoms with Crippen LogP contribution in [0.15, 0.2) is 23.8 Å². The topological polar surface area (TPSA) is 52.0 Å². The van der Waals surface area contributed by atoms with E-state index in [1.54, 1.807) is 0 Å². The highest BCUT2D eigenvalue weighted by molar-refractivity contribution is 6.32. The second kappa shape index (κ2) is 5.00. The predicted molar refractivity (Wildman–Crippen MR) is 69.4 cm³/mol.